The molecule has 4 aromatic rings. The largest absolute Gasteiger partial charge is 0.298 e. The van der Waals surface area contributed by atoms with Crippen LogP contribution in [0.25, 0.3) is 0 Å². The van der Waals surface area contributed by atoms with Gasteiger partial charge in [-0.1, -0.05) is 29.0 Å². The molecule has 0 aliphatic heterocycles. The maximum Gasteiger partial charge on any atom is 0.269 e. The first-order chi connectivity index (χ1) is 17.5. The number of carbonyl (C=O) groups is 1. The molecule has 190 valence electrons. The minimum Gasteiger partial charge on any atom is -0.298 e. The molecule has 11 nitrogen and oxygen atoms in total. The summed E-state index contributed by atoms with van der Waals surface area (Å²) >= 11 is 6.49. The molecular formula is C22H15ClN4O7S3. The number of halogens is 1. The highest BCUT2D eigenvalue weighted by atomic mass is 35.5. The Morgan fingerprint density at radius 1 is 0.946 bits per heavy atom. The van der Waals surface area contributed by atoms with Crippen LogP contribution in [0.1, 0.15) is 10.4 Å². The average molecular weight is 579 g/mol. The summed E-state index contributed by atoms with van der Waals surface area (Å²) < 4.78 is 53.0. The Hall–Kier alpha value is -3.85. The van der Waals surface area contributed by atoms with E-state index in [0.717, 1.165) is 30.5 Å². The summed E-state index contributed by atoms with van der Waals surface area (Å²) in [6.45, 7) is 0. The second-order valence-electron chi connectivity index (χ2n) is 7.33. The van der Waals surface area contributed by atoms with Gasteiger partial charge in [0.05, 0.1) is 20.9 Å². The smallest absolute Gasteiger partial charge is 0.269 e. The van der Waals surface area contributed by atoms with E-state index in [1.165, 1.54) is 48.5 Å². The van der Waals surface area contributed by atoms with Gasteiger partial charge in [0, 0.05) is 28.4 Å². The minimum atomic E-state index is -4.02. The summed E-state index contributed by atoms with van der Waals surface area (Å²) in [6.07, 6.45) is 1.06. The first-order valence-corrected chi connectivity index (χ1v) is 14.3. The van der Waals surface area contributed by atoms with E-state index < -0.39 is 30.7 Å². The van der Waals surface area contributed by atoms with Crippen molar-refractivity contribution < 1.29 is 26.6 Å². The number of sulfonamides is 1. The second kappa shape index (κ2) is 10.3. The van der Waals surface area contributed by atoms with Crippen molar-refractivity contribution in [2.24, 2.45) is 0 Å². The number of amides is 1. The first kappa shape index (κ1) is 26.2. The number of nitrogens with zero attached hydrogens (tertiary/aromatic N) is 2. The van der Waals surface area contributed by atoms with Crippen LogP contribution in [-0.4, -0.2) is 32.7 Å². The molecule has 0 saturated carbocycles. The van der Waals surface area contributed by atoms with Crippen LogP contribution in [0.15, 0.2) is 93.0 Å². The van der Waals surface area contributed by atoms with Gasteiger partial charge in [0.25, 0.3) is 21.6 Å². The molecule has 4 rings (SSSR count). The van der Waals surface area contributed by atoms with Gasteiger partial charge >= 0.3 is 0 Å². The topological polar surface area (TPSA) is 165 Å². The zero-order chi connectivity index (χ0) is 26.8. The highest BCUT2D eigenvalue weighted by Gasteiger charge is 2.23. The molecule has 0 bridgehead atoms. The quantitative estimate of drug-likeness (QED) is 0.226. The Balaban J connectivity index is 1.49. The molecule has 0 saturated heterocycles. The number of carbonyl (C=O) groups excluding carboxylic acids is 1. The number of anilines is 2. The molecule has 2 N–H and O–H groups in total. The molecule has 0 spiro atoms. The summed E-state index contributed by atoms with van der Waals surface area (Å²) in [6, 6.07) is 15.6. The fraction of sp³-hybridized carbons (Fsp3) is 0. The molecule has 1 heterocycles. The second-order valence-corrected chi connectivity index (χ2v) is 12.7. The van der Waals surface area contributed by atoms with Gasteiger partial charge in [-0.25, -0.2) is 21.8 Å². The third kappa shape index (κ3) is 5.94. The lowest BCUT2D eigenvalue weighted by Crippen LogP contribution is -2.15. The van der Waals surface area contributed by atoms with Crippen LogP contribution in [0.4, 0.5) is 16.5 Å². The Morgan fingerprint density at radius 3 is 2.24 bits per heavy atom. The summed E-state index contributed by atoms with van der Waals surface area (Å²) in [5.74, 6) is -0.652. The standard InChI is InChI=1S/C22H15ClN4O7S3/c23-15-4-8-19(9-5-15)37(33,34)26-16-3-1-2-14(12-16)21(28)25-22-24-13-20(35-22)36(31,32)18-10-6-17(7-11-18)27(29)30/h1-13,26H,(H,24,25,28). The van der Waals surface area contributed by atoms with Crippen LogP contribution in [0.5, 0.6) is 0 Å². The maximum absolute atomic E-state index is 12.8. The van der Waals surface area contributed by atoms with Crippen molar-refractivity contribution in [3.63, 3.8) is 0 Å². The highest BCUT2D eigenvalue weighted by molar-refractivity contribution is 7.93. The van der Waals surface area contributed by atoms with Gasteiger partial charge in [-0.15, -0.1) is 0 Å². The lowest BCUT2D eigenvalue weighted by atomic mass is 10.2. The number of hydrogen-bond donors (Lipinski definition) is 2. The lowest BCUT2D eigenvalue weighted by Gasteiger charge is -2.09. The first-order valence-electron chi connectivity index (χ1n) is 10.1. The maximum atomic E-state index is 12.8. The molecule has 0 atom stereocenters. The molecular weight excluding hydrogens is 564 g/mol. The van der Waals surface area contributed by atoms with Crippen LogP contribution >= 0.6 is 22.9 Å². The van der Waals surface area contributed by atoms with Crippen molar-refractivity contribution >= 4 is 65.2 Å². The molecule has 15 heteroatoms. The molecule has 1 aromatic heterocycles. The fourth-order valence-corrected chi connectivity index (χ4v) is 6.63. The van der Waals surface area contributed by atoms with Crippen LogP contribution in [-0.2, 0) is 19.9 Å². The van der Waals surface area contributed by atoms with E-state index in [-0.39, 0.29) is 36.1 Å². The van der Waals surface area contributed by atoms with E-state index in [1.54, 1.807) is 0 Å². The third-order valence-electron chi connectivity index (χ3n) is 4.83. The summed E-state index contributed by atoms with van der Waals surface area (Å²) in [7, 11) is -7.95. The van der Waals surface area contributed by atoms with Crippen LogP contribution in [0, 0.1) is 10.1 Å². The Bertz CT molecular complexity index is 1700. The number of hydrogen-bond acceptors (Lipinski definition) is 9. The van der Waals surface area contributed by atoms with E-state index in [9.17, 15) is 31.7 Å². The van der Waals surface area contributed by atoms with Gasteiger partial charge in [-0.2, -0.15) is 0 Å². The number of nitrogens with one attached hydrogen (secondary N) is 2. The van der Waals surface area contributed by atoms with Crippen molar-refractivity contribution in [1.82, 2.24) is 4.98 Å². The number of nitro benzene ring substituents is 1. The molecule has 0 radical (unpaired) electrons. The third-order valence-corrected chi connectivity index (χ3v) is 9.62. The molecule has 0 aliphatic rings. The van der Waals surface area contributed by atoms with Crippen molar-refractivity contribution in [2.45, 2.75) is 14.0 Å². The Labute approximate surface area is 219 Å². The van der Waals surface area contributed by atoms with E-state index in [2.05, 4.69) is 15.0 Å². The summed E-state index contributed by atoms with van der Waals surface area (Å²) in [5, 5.41) is 13.6. The van der Waals surface area contributed by atoms with Gasteiger partial charge < -0.3 is 0 Å². The number of rotatable bonds is 8. The molecule has 1 amide bonds. The molecule has 0 fully saturated rings. The van der Waals surface area contributed by atoms with Crippen LogP contribution < -0.4 is 10.0 Å². The lowest BCUT2D eigenvalue weighted by molar-refractivity contribution is -0.384. The van der Waals surface area contributed by atoms with Gasteiger partial charge in [-0.05, 0) is 54.6 Å². The number of thiazole rings is 1. The molecule has 0 aliphatic carbocycles. The predicted molar refractivity (Wildman–Crippen MR) is 137 cm³/mol. The van der Waals surface area contributed by atoms with Crippen LogP contribution in [0.2, 0.25) is 5.02 Å². The number of benzene rings is 3. The summed E-state index contributed by atoms with van der Waals surface area (Å²) in [5.41, 5.74) is -0.0386. The number of aromatic nitrogens is 1. The van der Waals surface area contributed by atoms with E-state index >= 15 is 0 Å². The van der Waals surface area contributed by atoms with Crippen molar-refractivity contribution in [3.05, 3.63) is 99.7 Å². The highest BCUT2D eigenvalue weighted by Crippen LogP contribution is 2.30. The van der Waals surface area contributed by atoms with Crippen molar-refractivity contribution in [2.75, 3.05) is 10.0 Å². The van der Waals surface area contributed by atoms with E-state index in [4.69, 9.17) is 11.6 Å². The van der Waals surface area contributed by atoms with Gasteiger partial charge in [-0.3, -0.25) is 24.9 Å². The van der Waals surface area contributed by atoms with Crippen molar-refractivity contribution in [1.29, 1.82) is 0 Å². The zero-order valence-electron chi connectivity index (χ0n) is 18.4. The van der Waals surface area contributed by atoms with E-state index in [0.29, 0.717) is 16.4 Å². The van der Waals surface area contributed by atoms with Gasteiger partial charge in [0.2, 0.25) is 9.84 Å². The molecule has 37 heavy (non-hydrogen) atoms. The van der Waals surface area contributed by atoms with Crippen molar-refractivity contribution in [3.8, 4) is 0 Å². The monoisotopic (exact) mass is 578 g/mol. The number of sulfone groups is 1. The number of non-ortho nitro benzene ring substituents is 1. The Kier molecular flexibility index (Phi) is 7.27. The Morgan fingerprint density at radius 2 is 1.59 bits per heavy atom. The zero-order valence-corrected chi connectivity index (χ0v) is 21.6. The average Bonchev–Trinajstić information content (AvgIpc) is 3.33. The molecule has 0 unspecified atom stereocenters. The van der Waals surface area contributed by atoms with Crippen LogP contribution in [0.3, 0.4) is 0 Å². The van der Waals surface area contributed by atoms with E-state index in [1.807, 2.05) is 0 Å². The fourth-order valence-electron chi connectivity index (χ4n) is 3.03. The number of nitro groups is 1. The summed E-state index contributed by atoms with van der Waals surface area (Å²) in [4.78, 5) is 26.6. The molecule has 3 aromatic carbocycles. The SMILES string of the molecule is O=C(Nc1ncc(S(=O)(=O)c2ccc([N+](=O)[O-])cc2)s1)c1cccc(NS(=O)(=O)c2ccc(Cl)cc2)c1. The van der Waals surface area contributed by atoms with Gasteiger partial charge in [0.15, 0.2) is 5.13 Å². The predicted octanol–water partition coefficient (Wildman–Crippen LogP) is 4.59. The normalized spacial score (nSPS) is 11.6. The minimum absolute atomic E-state index is 0.0161. The van der Waals surface area contributed by atoms with Gasteiger partial charge in [0.1, 0.15) is 4.21 Å².